The van der Waals surface area contributed by atoms with Crippen molar-refractivity contribution in [1.29, 1.82) is 0 Å². The second kappa shape index (κ2) is 2.96. The summed E-state index contributed by atoms with van der Waals surface area (Å²) in [7, 11) is 0. The summed E-state index contributed by atoms with van der Waals surface area (Å²) in [5.74, 6) is -0.474. The monoisotopic (exact) mass is 195 g/mol. The van der Waals surface area contributed by atoms with Crippen molar-refractivity contribution in [3.8, 4) is 0 Å². The zero-order valence-corrected chi connectivity index (χ0v) is 7.77. The molecule has 0 unspecified atom stereocenters. The number of benzene rings is 1. The third kappa shape index (κ3) is 1.49. The van der Waals surface area contributed by atoms with Crippen LogP contribution in [0.3, 0.4) is 0 Å². The fourth-order valence-electron chi connectivity index (χ4n) is 1.23. The van der Waals surface area contributed by atoms with E-state index in [0.29, 0.717) is 0 Å². The highest BCUT2D eigenvalue weighted by Gasteiger charge is 2.03. The minimum absolute atomic E-state index is 0.0712. The maximum absolute atomic E-state index is 13.0. The zero-order chi connectivity index (χ0) is 9.42. The molecule has 2 rings (SSSR count). The van der Waals surface area contributed by atoms with Crippen molar-refractivity contribution in [2.75, 3.05) is 0 Å². The molecule has 0 saturated heterocycles. The molecule has 1 heterocycles. The van der Waals surface area contributed by atoms with Crippen molar-refractivity contribution in [2.45, 2.75) is 6.92 Å². The number of fused-ring (bicyclic) bond motifs is 1. The Morgan fingerprint density at radius 2 is 2.08 bits per heavy atom. The van der Waals surface area contributed by atoms with E-state index in [0.717, 1.165) is 16.5 Å². The summed E-state index contributed by atoms with van der Waals surface area (Å²) >= 11 is 5.55. The molecule has 0 aliphatic heterocycles. The van der Waals surface area contributed by atoms with Crippen LogP contribution in [0.1, 0.15) is 5.56 Å². The number of hydrogen-bond acceptors (Lipinski definition) is 1. The Kier molecular flexibility index (Phi) is 1.93. The van der Waals surface area contributed by atoms with Gasteiger partial charge >= 0.3 is 0 Å². The van der Waals surface area contributed by atoms with Crippen molar-refractivity contribution >= 4 is 22.5 Å². The highest BCUT2D eigenvalue weighted by Crippen LogP contribution is 2.19. The van der Waals surface area contributed by atoms with Gasteiger partial charge in [-0.05, 0) is 24.6 Å². The van der Waals surface area contributed by atoms with Gasteiger partial charge < -0.3 is 0 Å². The minimum atomic E-state index is -0.474. The maximum Gasteiger partial charge on any atom is 0.165 e. The van der Waals surface area contributed by atoms with E-state index in [9.17, 15) is 4.39 Å². The molecule has 2 aromatic rings. The van der Waals surface area contributed by atoms with Crippen molar-refractivity contribution in [2.24, 2.45) is 0 Å². The van der Waals surface area contributed by atoms with E-state index in [4.69, 9.17) is 11.6 Å². The molecule has 0 aliphatic rings. The van der Waals surface area contributed by atoms with Gasteiger partial charge in [0, 0.05) is 5.39 Å². The van der Waals surface area contributed by atoms with Gasteiger partial charge in [-0.3, -0.25) is 0 Å². The largest absolute Gasteiger partial charge is 0.233 e. The number of halogens is 2. The van der Waals surface area contributed by atoms with Crippen molar-refractivity contribution < 1.29 is 4.39 Å². The van der Waals surface area contributed by atoms with Crippen LogP contribution in [0.15, 0.2) is 24.3 Å². The summed E-state index contributed by atoms with van der Waals surface area (Å²) in [5.41, 5.74) is 1.81. The Hall–Kier alpha value is -1.15. The van der Waals surface area contributed by atoms with Crippen LogP contribution in [-0.4, -0.2) is 4.98 Å². The standard InChI is InChI=1S/C10H7ClFN/c1-6-2-3-7-5-8(12)10(11)13-9(7)4-6/h2-5H,1H3. The van der Waals surface area contributed by atoms with Gasteiger partial charge in [-0.25, -0.2) is 9.37 Å². The van der Waals surface area contributed by atoms with Crippen LogP contribution in [0.25, 0.3) is 10.9 Å². The Bertz CT molecular complexity index is 468. The molecule has 0 fully saturated rings. The summed E-state index contributed by atoms with van der Waals surface area (Å²) in [6.45, 7) is 1.96. The van der Waals surface area contributed by atoms with Crippen LogP contribution in [0, 0.1) is 12.7 Å². The van der Waals surface area contributed by atoms with Gasteiger partial charge in [0.25, 0.3) is 0 Å². The minimum Gasteiger partial charge on any atom is -0.233 e. The topological polar surface area (TPSA) is 12.9 Å². The quantitative estimate of drug-likeness (QED) is 0.588. The highest BCUT2D eigenvalue weighted by molar-refractivity contribution is 6.29. The maximum atomic E-state index is 13.0. The number of aryl methyl sites for hydroxylation is 1. The first kappa shape index (κ1) is 8.45. The van der Waals surface area contributed by atoms with Gasteiger partial charge in [0.1, 0.15) is 0 Å². The van der Waals surface area contributed by atoms with Gasteiger partial charge in [-0.1, -0.05) is 23.7 Å². The number of hydrogen-bond donors (Lipinski definition) is 0. The number of pyridine rings is 1. The SMILES string of the molecule is Cc1ccc2cc(F)c(Cl)nc2c1. The van der Waals surface area contributed by atoms with Crippen LogP contribution in [0.5, 0.6) is 0 Å². The summed E-state index contributed by atoms with van der Waals surface area (Å²) in [5, 5.41) is 0.700. The van der Waals surface area contributed by atoms with E-state index in [2.05, 4.69) is 4.98 Å². The lowest BCUT2D eigenvalue weighted by atomic mass is 10.1. The zero-order valence-electron chi connectivity index (χ0n) is 7.01. The van der Waals surface area contributed by atoms with E-state index in [1.807, 2.05) is 25.1 Å². The molecular weight excluding hydrogens is 189 g/mol. The Balaban J connectivity index is 2.81. The van der Waals surface area contributed by atoms with Crippen LogP contribution in [0.4, 0.5) is 4.39 Å². The summed E-state index contributed by atoms with van der Waals surface area (Å²) < 4.78 is 13.0. The third-order valence-electron chi connectivity index (χ3n) is 1.88. The Labute approximate surface area is 80.2 Å². The Morgan fingerprint density at radius 3 is 2.85 bits per heavy atom. The van der Waals surface area contributed by atoms with Gasteiger partial charge in [-0.15, -0.1) is 0 Å². The molecule has 1 aromatic carbocycles. The van der Waals surface area contributed by atoms with E-state index >= 15 is 0 Å². The molecule has 0 aliphatic carbocycles. The van der Waals surface area contributed by atoms with Crippen LogP contribution in [-0.2, 0) is 0 Å². The summed E-state index contributed by atoms with van der Waals surface area (Å²) in [4.78, 5) is 3.93. The third-order valence-corrected chi connectivity index (χ3v) is 2.15. The van der Waals surface area contributed by atoms with Crippen molar-refractivity contribution in [1.82, 2.24) is 4.98 Å². The number of aromatic nitrogens is 1. The van der Waals surface area contributed by atoms with E-state index in [1.54, 1.807) is 0 Å². The van der Waals surface area contributed by atoms with Gasteiger partial charge in [0.05, 0.1) is 5.52 Å². The molecule has 1 nitrogen and oxygen atoms in total. The molecule has 0 bridgehead atoms. The molecule has 0 radical (unpaired) electrons. The number of rotatable bonds is 0. The summed E-state index contributed by atoms with van der Waals surface area (Å²) in [6, 6.07) is 7.01. The molecule has 66 valence electrons. The van der Waals surface area contributed by atoms with Gasteiger partial charge in [0.15, 0.2) is 11.0 Å². The molecular formula is C10H7ClFN. The van der Waals surface area contributed by atoms with Crippen molar-refractivity contribution in [3.63, 3.8) is 0 Å². The van der Waals surface area contributed by atoms with Crippen LogP contribution < -0.4 is 0 Å². The lowest BCUT2D eigenvalue weighted by molar-refractivity contribution is 0.625. The highest BCUT2D eigenvalue weighted by atomic mass is 35.5. The summed E-state index contributed by atoms with van der Waals surface area (Å²) in [6.07, 6.45) is 0. The molecule has 13 heavy (non-hydrogen) atoms. The molecule has 0 saturated carbocycles. The molecule has 0 amide bonds. The van der Waals surface area contributed by atoms with E-state index < -0.39 is 5.82 Å². The smallest absolute Gasteiger partial charge is 0.165 e. The fraction of sp³-hybridized carbons (Fsp3) is 0.100. The molecule has 0 atom stereocenters. The normalized spacial score (nSPS) is 10.7. The predicted molar refractivity (Wildman–Crippen MR) is 51.4 cm³/mol. The second-order valence-corrected chi connectivity index (χ2v) is 3.32. The van der Waals surface area contributed by atoms with E-state index in [1.165, 1.54) is 6.07 Å². The lowest BCUT2D eigenvalue weighted by Crippen LogP contribution is -1.85. The average Bonchev–Trinajstić information content (AvgIpc) is 2.08. The number of nitrogens with zero attached hydrogens (tertiary/aromatic N) is 1. The predicted octanol–water partition coefficient (Wildman–Crippen LogP) is 3.34. The van der Waals surface area contributed by atoms with Crippen LogP contribution in [0.2, 0.25) is 5.15 Å². The van der Waals surface area contributed by atoms with E-state index in [-0.39, 0.29) is 5.15 Å². The lowest BCUT2D eigenvalue weighted by Gasteiger charge is -1.99. The molecule has 0 spiro atoms. The fourth-order valence-corrected chi connectivity index (χ4v) is 1.37. The van der Waals surface area contributed by atoms with Gasteiger partial charge in [0.2, 0.25) is 0 Å². The first-order chi connectivity index (χ1) is 6.16. The average molecular weight is 196 g/mol. The molecule has 1 aromatic heterocycles. The second-order valence-electron chi connectivity index (χ2n) is 2.96. The first-order valence-electron chi connectivity index (χ1n) is 3.89. The molecule has 0 N–H and O–H groups in total. The van der Waals surface area contributed by atoms with Gasteiger partial charge in [-0.2, -0.15) is 0 Å². The van der Waals surface area contributed by atoms with Crippen molar-refractivity contribution in [3.05, 3.63) is 40.8 Å². The molecule has 3 heteroatoms. The first-order valence-corrected chi connectivity index (χ1v) is 4.27. The van der Waals surface area contributed by atoms with Crippen LogP contribution >= 0.6 is 11.6 Å². The Morgan fingerprint density at radius 1 is 1.31 bits per heavy atom.